The van der Waals surface area contributed by atoms with Crippen LogP contribution in [0.2, 0.25) is 0 Å². The smallest absolute Gasteiger partial charge is 0.240 e. The van der Waals surface area contributed by atoms with Gasteiger partial charge >= 0.3 is 0 Å². The molecular weight excluding hydrogens is 388 g/mol. The molecule has 0 amide bonds. The molecule has 0 aromatic heterocycles. The Labute approximate surface area is 172 Å². The van der Waals surface area contributed by atoms with Crippen LogP contribution in [0.25, 0.3) is 0 Å². The Balaban J connectivity index is 1.44. The Morgan fingerprint density at radius 2 is 1.69 bits per heavy atom. The van der Waals surface area contributed by atoms with E-state index in [0.717, 1.165) is 37.1 Å². The first kappa shape index (κ1) is 21.1. The summed E-state index contributed by atoms with van der Waals surface area (Å²) in [4.78, 5) is 4.53. The molecule has 1 fully saturated rings. The fourth-order valence-corrected chi connectivity index (χ4v) is 4.10. The molecule has 2 aromatic rings. The molecule has 0 aliphatic heterocycles. The maximum atomic E-state index is 12.2. The molecule has 0 unspecified atom stereocenters. The molecule has 0 bridgehead atoms. The van der Waals surface area contributed by atoms with Crippen molar-refractivity contribution in [3.8, 4) is 5.75 Å². The normalized spacial score (nSPS) is 14.5. The van der Waals surface area contributed by atoms with Crippen LogP contribution in [0, 0.1) is 0 Å². The van der Waals surface area contributed by atoms with Crippen LogP contribution in [-0.4, -0.2) is 41.1 Å². The topological polar surface area (TPSA) is 91.8 Å². The van der Waals surface area contributed by atoms with E-state index in [-0.39, 0.29) is 6.04 Å². The summed E-state index contributed by atoms with van der Waals surface area (Å²) in [7, 11) is -0.0263. The first-order valence-corrected chi connectivity index (χ1v) is 11.2. The maximum Gasteiger partial charge on any atom is 0.240 e. The second kappa shape index (κ2) is 9.76. The zero-order valence-corrected chi connectivity index (χ0v) is 17.6. The summed E-state index contributed by atoms with van der Waals surface area (Å²) in [6.45, 7) is 1.30. The summed E-state index contributed by atoms with van der Waals surface area (Å²) in [6.07, 6.45) is 2.71. The van der Waals surface area contributed by atoms with Crippen LogP contribution in [0.3, 0.4) is 0 Å². The van der Waals surface area contributed by atoms with E-state index >= 15 is 0 Å². The number of hydrogen-bond acceptors (Lipinski definition) is 4. The molecular formula is C21H28N4O3S. The largest absolute Gasteiger partial charge is 0.497 e. The number of rotatable bonds is 9. The lowest BCUT2D eigenvalue weighted by molar-refractivity contribution is 0.414. The molecule has 2 aromatic carbocycles. The van der Waals surface area contributed by atoms with Gasteiger partial charge in [-0.05, 0) is 54.7 Å². The number of nitrogens with one attached hydrogen (secondary N) is 3. The van der Waals surface area contributed by atoms with Gasteiger partial charge in [0, 0.05) is 26.2 Å². The summed E-state index contributed by atoms with van der Waals surface area (Å²) in [5.41, 5.74) is 2.19. The van der Waals surface area contributed by atoms with Crippen LogP contribution in [0.1, 0.15) is 24.0 Å². The molecule has 156 valence electrons. The van der Waals surface area contributed by atoms with Gasteiger partial charge in [-0.3, -0.25) is 4.99 Å². The molecule has 1 saturated carbocycles. The van der Waals surface area contributed by atoms with Crippen LogP contribution in [0.5, 0.6) is 5.75 Å². The minimum Gasteiger partial charge on any atom is -0.497 e. The van der Waals surface area contributed by atoms with Gasteiger partial charge in [0.05, 0.1) is 12.0 Å². The van der Waals surface area contributed by atoms with Gasteiger partial charge in [0.15, 0.2) is 5.96 Å². The van der Waals surface area contributed by atoms with Crippen molar-refractivity contribution in [2.24, 2.45) is 4.99 Å². The third kappa shape index (κ3) is 6.47. The number of hydrogen-bond donors (Lipinski definition) is 3. The highest BCUT2D eigenvalue weighted by atomic mass is 32.2. The minimum atomic E-state index is -3.41. The van der Waals surface area contributed by atoms with E-state index < -0.39 is 10.0 Å². The molecule has 0 atom stereocenters. The lowest BCUT2D eigenvalue weighted by Gasteiger charge is -2.12. The van der Waals surface area contributed by atoms with Crippen LogP contribution < -0.4 is 20.1 Å². The molecule has 29 heavy (non-hydrogen) atoms. The van der Waals surface area contributed by atoms with Crippen LogP contribution in [-0.2, 0) is 23.0 Å². The predicted molar refractivity (Wildman–Crippen MR) is 115 cm³/mol. The Bertz CT molecular complexity index is 921. The number of ether oxygens (including phenoxy) is 1. The summed E-state index contributed by atoms with van der Waals surface area (Å²) >= 11 is 0. The van der Waals surface area contributed by atoms with E-state index in [0.29, 0.717) is 17.4 Å². The van der Waals surface area contributed by atoms with Crippen molar-refractivity contribution in [1.29, 1.82) is 0 Å². The summed E-state index contributed by atoms with van der Waals surface area (Å²) in [5.74, 6) is 1.55. The van der Waals surface area contributed by atoms with Gasteiger partial charge in [0.25, 0.3) is 0 Å². The third-order valence-corrected chi connectivity index (χ3v) is 6.22. The number of benzene rings is 2. The molecule has 1 aliphatic carbocycles. The molecule has 0 heterocycles. The van der Waals surface area contributed by atoms with Crippen LogP contribution in [0.4, 0.5) is 0 Å². The third-order valence-electron chi connectivity index (χ3n) is 4.68. The average Bonchev–Trinajstić information content (AvgIpc) is 3.54. The minimum absolute atomic E-state index is 0.105. The van der Waals surface area contributed by atoms with Gasteiger partial charge in [-0.2, -0.15) is 0 Å². The van der Waals surface area contributed by atoms with Crippen LogP contribution in [0.15, 0.2) is 58.4 Å². The van der Waals surface area contributed by atoms with Gasteiger partial charge in [0.2, 0.25) is 10.0 Å². The Kier molecular flexibility index (Phi) is 7.11. The maximum absolute atomic E-state index is 12.2. The SMILES string of the molecule is CN=C(NCCc1ccc(OC)cc1)NCc1ccc(S(=O)(=O)NC2CC2)cc1. The number of nitrogens with zero attached hydrogens (tertiary/aromatic N) is 1. The monoisotopic (exact) mass is 416 g/mol. The van der Waals surface area contributed by atoms with Crippen LogP contribution >= 0.6 is 0 Å². The van der Waals surface area contributed by atoms with Gasteiger partial charge in [-0.15, -0.1) is 0 Å². The fourth-order valence-electron chi connectivity index (χ4n) is 2.80. The number of methoxy groups -OCH3 is 1. The molecule has 0 spiro atoms. The first-order valence-electron chi connectivity index (χ1n) is 9.69. The van der Waals surface area contributed by atoms with E-state index in [1.807, 2.05) is 36.4 Å². The molecule has 3 rings (SSSR count). The summed E-state index contributed by atoms with van der Waals surface area (Å²) in [5, 5.41) is 6.53. The number of guanidine groups is 1. The molecule has 1 aliphatic rings. The van der Waals surface area contributed by atoms with Gasteiger partial charge in [-0.25, -0.2) is 13.1 Å². The Morgan fingerprint density at radius 3 is 2.28 bits per heavy atom. The lowest BCUT2D eigenvalue weighted by Crippen LogP contribution is -2.37. The zero-order chi connectivity index (χ0) is 20.7. The van der Waals surface area contributed by atoms with Crippen molar-refractivity contribution >= 4 is 16.0 Å². The summed E-state index contributed by atoms with van der Waals surface area (Å²) in [6, 6.07) is 15.0. The van der Waals surface area contributed by atoms with Crippen molar-refractivity contribution in [2.45, 2.75) is 36.7 Å². The lowest BCUT2D eigenvalue weighted by atomic mass is 10.1. The first-order chi connectivity index (χ1) is 14.0. The molecule has 8 heteroatoms. The molecule has 3 N–H and O–H groups in total. The summed E-state index contributed by atoms with van der Waals surface area (Å²) < 4.78 is 32.3. The highest BCUT2D eigenvalue weighted by molar-refractivity contribution is 7.89. The van der Waals surface area contributed by atoms with Crippen molar-refractivity contribution in [3.05, 3.63) is 59.7 Å². The predicted octanol–water partition coefficient (Wildman–Crippen LogP) is 2.04. The zero-order valence-electron chi connectivity index (χ0n) is 16.8. The number of sulfonamides is 1. The van der Waals surface area contributed by atoms with Crippen molar-refractivity contribution in [3.63, 3.8) is 0 Å². The molecule has 0 saturated heterocycles. The molecule has 0 radical (unpaired) electrons. The van der Waals surface area contributed by atoms with Gasteiger partial charge in [0.1, 0.15) is 5.75 Å². The highest BCUT2D eigenvalue weighted by Crippen LogP contribution is 2.22. The standard InChI is InChI=1S/C21H28N4O3S/c1-22-21(23-14-13-16-3-9-19(28-2)10-4-16)24-15-17-5-11-20(12-6-17)29(26,27)25-18-7-8-18/h3-6,9-12,18,25H,7-8,13-15H2,1-2H3,(H2,22,23,24). The number of aliphatic imine (C=N–C) groups is 1. The molecule has 7 nitrogen and oxygen atoms in total. The second-order valence-electron chi connectivity index (χ2n) is 6.99. The van der Waals surface area contributed by atoms with Crippen molar-refractivity contribution < 1.29 is 13.2 Å². The van der Waals surface area contributed by atoms with E-state index in [4.69, 9.17) is 4.74 Å². The Hall–Kier alpha value is -2.58. The Morgan fingerprint density at radius 1 is 1.03 bits per heavy atom. The van der Waals surface area contributed by atoms with E-state index in [2.05, 4.69) is 20.3 Å². The highest BCUT2D eigenvalue weighted by Gasteiger charge is 2.27. The van der Waals surface area contributed by atoms with Crippen molar-refractivity contribution in [1.82, 2.24) is 15.4 Å². The second-order valence-corrected chi connectivity index (χ2v) is 8.70. The van der Waals surface area contributed by atoms with E-state index in [1.165, 1.54) is 5.56 Å². The fraction of sp³-hybridized carbons (Fsp3) is 0.381. The van der Waals surface area contributed by atoms with Gasteiger partial charge in [-0.1, -0.05) is 24.3 Å². The van der Waals surface area contributed by atoms with E-state index in [1.54, 1.807) is 26.3 Å². The average molecular weight is 417 g/mol. The van der Waals surface area contributed by atoms with Gasteiger partial charge < -0.3 is 15.4 Å². The van der Waals surface area contributed by atoms with E-state index in [9.17, 15) is 8.42 Å². The quantitative estimate of drug-likeness (QED) is 0.430. The van der Waals surface area contributed by atoms with Crippen molar-refractivity contribution in [2.75, 3.05) is 20.7 Å².